The molecule has 4 heteroatoms. The Labute approximate surface area is 130 Å². The summed E-state index contributed by atoms with van der Waals surface area (Å²) in [6.07, 6.45) is 3.41. The summed E-state index contributed by atoms with van der Waals surface area (Å²) in [7, 11) is 0. The number of nitrogens with zero attached hydrogens (tertiary/aromatic N) is 2. The van der Waals surface area contributed by atoms with Gasteiger partial charge in [0.1, 0.15) is 5.01 Å². The summed E-state index contributed by atoms with van der Waals surface area (Å²) in [5.74, 6) is 0. The van der Waals surface area contributed by atoms with Gasteiger partial charge in [-0.3, -0.25) is 4.90 Å². The van der Waals surface area contributed by atoms with Gasteiger partial charge in [0.15, 0.2) is 0 Å². The molecule has 0 atom stereocenters. The van der Waals surface area contributed by atoms with E-state index in [0.717, 1.165) is 39.0 Å². The van der Waals surface area contributed by atoms with Crippen molar-refractivity contribution < 1.29 is 0 Å². The topological polar surface area (TPSA) is 42.2 Å². The molecule has 0 amide bonds. The Morgan fingerprint density at radius 3 is 2.81 bits per heavy atom. The Hall–Kier alpha value is -1.23. The second-order valence-electron chi connectivity index (χ2n) is 5.78. The van der Waals surface area contributed by atoms with Gasteiger partial charge in [0.25, 0.3) is 0 Å². The van der Waals surface area contributed by atoms with Crippen molar-refractivity contribution in [3.8, 4) is 10.6 Å². The molecule has 3 nitrogen and oxygen atoms in total. The molecule has 0 saturated heterocycles. The fraction of sp³-hybridized carbons (Fsp3) is 0.471. The van der Waals surface area contributed by atoms with Crippen LogP contribution in [0.1, 0.15) is 29.0 Å². The zero-order chi connectivity index (χ0) is 14.7. The third kappa shape index (κ3) is 3.51. The van der Waals surface area contributed by atoms with Gasteiger partial charge in [-0.15, -0.1) is 11.3 Å². The summed E-state index contributed by atoms with van der Waals surface area (Å²) in [6, 6.07) is 8.68. The second-order valence-corrected chi connectivity index (χ2v) is 6.86. The first-order chi connectivity index (χ1) is 10.3. The number of hydrogen-bond donors (Lipinski definition) is 1. The van der Waals surface area contributed by atoms with Gasteiger partial charge in [-0.25, -0.2) is 4.98 Å². The minimum Gasteiger partial charge on any atom is -0.330 e. The molecule has 112 valence electrons. The van der Waals surface area contributed by atoms with Gasteiger partial charge >= 0.3 is 0 Å². The second kappa shape index (κ2) is 6.69. The minimum absolute atomic E-state index is 0.803. The fourth-order valence-corrected chi connectivity index (χ4v) is 3.89. The minimum atomic E-state index is 0.803. The van der Waals surface area contributed by atoms with Gasteiger partial charge in [-0.05, 0) is 32.9 Å². The highest BCUT2D eigenvalue weighted by molar-refractivity contribution is 7.15. The van der Waals surface area contributed by atoms with Gasteiger partial charge in [0.05, 0.1) is 5.69 Å². The molecule has 2 N–H and O–H groups in total. The lowest BCUT2D eigenvalue weighted by atomic mass is 10.1. The smallest absolute Gasteiger partial charge is 0.123 e. The van der Waals surface area contributed by atoms with Gasteiger partial charge < -0.3 is 5.73 Å². The average Bonchev–Trinajstić information content (AvgIpc) is 2.91. The number of hydrogen-bond acceptors (Lipinski definition) is 4. The van der Waals surface area contributed by atoms with Crippen LogP contribution in [-0.2, 0) is 13.0 Å². The Morgan fingerprint density at radius 2 is 2.05 bits per heavy atom. The van der Waals surface area contributed by atoms with E-state index in [1.165, 1.54) is 33.1 Å². The van der Waals surface area contributed by atoms with Crippen LogP contribution in [0.5, 0.6) is 0 Å². The van der Waals surface area contributed by atoms with E-state index in [1.807, 2.05) is 11.3 Å². The summed E-state index contributed by atoms with van der Waals surface area (Å²) in [6.45, 7) is 6.28. The van der Waals surface area contributed by atoms with Crippen LogP contribution in [0, 0.1) is 6.92 Å². The van der Waals surface area contributed by atoms with Crippen LogP contribution in [0.2, 0.25) is 0 Å². The molecule has 1 aromatic carbocycles. The Kier molecular flexibility index (Phi) is 4.68. The number of nitrogens with two attached hydrogens (primary N) is 1. The molecular formula is C17H23N3S. The molecule has 2 aromatic rings. The highest BCUT2D eigenvalue weighted by Crippen LogP contribution is 2.31. The van der Waals surface area contributed by atoms with Crippen molar-refractivity contribution in [1.82, 2.24) is 9.88 Å². The molecule has 1 aromatic heterocycles. The van der Waals surface area contributed by atoms with Gasteiger partial charge in [0.2, 0.25) is 0 Å². The van der Waals surface area contributed by atoms with Crippen LogP contribution in [0.15, 0.2) is 24.3 Å². The highest BCUT2D eigenvalue weighted by atomic mass is 32.1. The Balaban J connectivity index is 1.71. The third-order valence-corrected chi connectivity index (χ3v) is 5.17. The molecule has 0 fully saturated rings. The van der Waals surface area contributed by atoms with E-state index in [4.69, 9.17) is 10.7 Å². The lowest BCUT2D eigenvalue weighted by Crippen LogP contribution is -2.31. The number of rotatable bonds is 5. The van der Waals surface area contributed by atoms with Crippen LogP contribution in [0.3, 0.4) is 0 Å². The molecule has 0 saturated carbocycles. The molecule has 1 aliphatic rings. The highest BCUT2D eigenvalue weighted by Gasteiger charge is 2.20. The number of thiazole rings is 1. The lowest BCUT2D eigenvalue weighted by molar-refractivity contribution is 0.251. The van der Waals surface area contributed by atoms with E-state index in [1.54, 1.807) is 0 Å². The lowest BCUT2D eigenvalue weighted by Gasteiger charge is -2.25. The van der Waals surface area contributed by atoms with Crippen molar-refractivity contribution in [2.24, 2.45) is 5.73 Å². The number of benzene rings is 1. The molecule has 2 heterocycles. The van der Waals surface area contributed by atoms with Crippen LogP contribution in [0.4, 0.5) is 0 Å². The van der Waals surface area contributed by atoms with E-state index in [2.05, 4.69) is 36.1 Å². The van der Waals surface area contributed by atoms with E-state index in [0.29, 0.717) is 0 Å². The van der Waals surface area contributed by atoms with Crippen molar-refractivity contribution in [3.05, 3.63) is 40.4 Å². The maximum Gasteiger partial charge on any atom is 0.123 e. The number of aromatic nitrogens is 1. The summed E-state index contributed by atoms with van der Waals surface area (Å²) in [5, 5.41) is 1.17. The first kappa shape index (κ1) is 14.7. The average molecular weight is 301 g/mol. The number of unbranched alkanes of at least 4 members (excludes halogenated alkanes) is 1. The fourth-order valence-electron chi connectivity index (χ4n) is 2.74. The summed E-state index contributed by atoms with van der Waals surface area (Å²) < 4.78 is 0. The van der Waals surface area contributed by atoms with Gasteiger partial charge in [0, 0.05) is 30.0 Å². The first-order valence-electron chi connectivity index (χ1n) is 7.74. The molecule has 0 spiro atoms. The molecule has 0 unspecified atom stereocenters. The van der Waals surface area contributed by atoms with Crippen molar-refractivity contribution >= 4 is 11.3 Å². The molecule has 0 bridgehead atoms. The number of aryl methyl sites for hydroxylation is 1. The van der Waals surface area contributed by atoms with Gasteiger partial charge in [-0.2, -0.15) is 0 Å². The number of fused-ring (bicyclic) bond motifs is 1. The van der Waals surface area contributed by atoms with E-state index < -0.39 is 0 Å². The van der Waals surface area contributed by atoms with Crippen LogP contribution < -0.4 is 5.73 Å². The third-order valence-electron chi connectivity index (χ3n) is 4.04. The zero-order valence-electron chi connectivity index (χ0n) is 12.6. The normalized spacial score (nSPS) is 15.1. The van der Waals surface area contributed by atoms with E-state index in [9.17, 15) is 0 Å². The zero-order valence-corrected chi connectivity index (χ0v) is 13.5. The van der Waals surface area contributed by atoms with Crippen LogP contribution in [0.25, 0.3) is 10.6 Å². The molecule has 0 radical (unpaired) electrons. The van der Waals surface area contributed by atoms with Crippen molar-refractivity contribution in [2.75, 3.05) is 19.6 Å². The Bertz CT molecular complexity index is 589. The predicted octanol–water partition coefficient (Wildman–Crippen LogP) is 3.22. The molecule has 21 heavy (non-hydrogen) atoms. The van der Waals surface area contributed by atoms with Crippen LogP contribution >= 0.6 is 11.3 Å². The molecule has 1 aliphatic heterocycles. The summed E-state index contributed by atoms with van der Waals surface area (Å²) in [5.41, 5.74) is 9.43. The summed E-state index contributed by atoms with van der Waals surface area (Å²) >= 11 is 1.86. The van der Waals surface area contributed by atoms with Crippen molar-refractivity contribution in [2.45, 2.75) is 32.7 Å². The standard InChI is InChI=1S/C17H23N3S/c1-13-4-6-14(7-5-13)17-19-15-8-11-20(10-3-2-9-18)12-16(15)21-17/h4-7H,2-3,8-12,18H2,1H3. The van der Waals surface area contributed by atoms with Gasteiger partial charge in [-0.1, -0.05) is 29.8 Å². The van der Waals surface area contributed by atoms with E-state index >= 15 is 0 Å². The molecule has 0 aliphatic carbocycles. The Morgan fingerprint density at radius 1 is 1.24 bits per heavy atom. The quantitative estimate of drug-likeness (QED) is 0.862. The largest absolute Gasteiger partial charge is 0.330 e. The maximum absolute atomic E-state index is 5.57. The predicted molar refractivity (Wildman–Crippen MR) is 89.6 cm³/mol. The summed E-state index contributed by atoms with van der Waals surface area (Å²) in [4.78, 5) is 8.84. The molecule has 3 rings (SSSR count). The maximum atomic E-state index is 5.57. The van der Waals surface area contributed by atoms with E-state index in [-0.39, 0.29) is 0 Å². The van der Waals surface area contributed by atoms with Crippen molar-refractivity contribution in [1.29, 1.82) is 0 Å². The SMILES string of the molecule is Cc1ccc(-c2nc3c(s2)CN(CCCCN)CC3)cc1. The first-order valence-corrected chi connectivity index (χ1v) is 8.56. The van der Waals surface area contributed by atoms with Crippen LogP contribution in [-0.4, -0.2) is 29.5 Å². The molecular weight excluding hydrogens is 278 g/mol. The monoisotopic (exact) mass is 301 g/mol. The van der Waals surface area contributed by atoms with Crippen molar-refractivity contribution in [3.63, 3.8) is 0 Å².